The minimum absolute atomic E-state index is 0.651. The van der Waals surface area contributed by atoms with Gasteiger partial charge in [0.15, 0.2) is 0 Å². The smallest absolute Gasteiger partial charge is 0.0898 e. The molecule has 4 heteroatoms. The fourth-order valence-corrected chi connectivity index (χ4v) is 3.20. The molecule has 3 nitrogen and oxygen atoms in total. The molecule has 1 aliphatic rings. The lowest BCUT2D eigenvalue weighted by molar-refractivity contribution is 0.0499. The molecule has 0 saturated heterocycles. The Kier molecular flexibility index (Phi) is 4.95. The van der Waals surface area contributed by atoms with Gasteiger partial charge in [-0.3, -0.25) is 0 Å². The molecule has 2 N–H and O–H groups in total. The van der Waals surface area contributed by atoms with Gasteiger partial charge in [-0.15, -0.1) is 11.3 Å². The fraction of sp³-hybridized carbons (Fsp3) is 0.769. The van der Waals surface area contributed by atoms with E-state index < -0.39 is 0 Å². The molecule has 2 unspecified atom stereocenters. The number of hydrogen-bond donors (Lipinski definition) is 1. The number of nitrogens with zero attached hydrogens (tertiary/aromatic N) is 1. The van der Waals surface area contributed by atoms with Crippen molar-refractivity contribution in [1.82, 2.24) is 4.98 Å². The second-order valence-electron chi connectivity index (χ2n) is 4.91. The van der Waals surface area contributed by atoms with Gasteiger partial charge < -0.3 is 10.5 Å². The Morgan fingerprint density at radius 1 is 1.41 bits per heavy atom. The summed E-state index contributed by atoms with van der Waals surface area (Å²) in [6, 6.07) is 0. The molecular formula is C13H22N2OS. The number of ether oxygens (including phenoxy) is 1. The minimum atomic E-state index is 0.651. The van der Waals surface area contributed by atoms with Crippen LogP contribution in [0.15, 0.2) is 5.38 Å². The van der Waals surface area contributed by atoms with E-state index in [-0.39, 0.29) is 0 Å². The highest BCUT2D eigenvalue weighted by Crippen LogP contribution is 2.29. The topological polar surface area (TPSA) is 48.1 Å². The molecule has 1 aromatic heterocycles. The van der Waals surface area contributed by atoms with Crippen molar-refractivity contribution >= 4 is 11.3 Å². The SMILES string of the molecule is Cc1nc(COCC2CCCCC2CN)cs1. The molecule has 0 bridgehead atoms. The molecule has 0 aliphatic heterocycles. The lowest BCUT2D eigenvalue weighted by atomic mass is 9.80. The van der Waals surface area contributed by atoms with Gasteiger partial charge in [-0.25, -0.2) is 4.98 Å². The molecule has 2 atom stereocenters. The summed E-state index contributed by atoms with van der Waals surface area (Å²) in [7, 11) is 0. The standard InChI is InChI=1S/C13H22N2OS/c1-10-15-13(9-17-10)8-16-7-12-5-3-2-4-11(12)6-14/h9,11-12H,2-8,14H2,1H3. The number of thiazole rings is 1. The Morgan fingerprint density at radius 3 is 2.82 bits per heavy atom. The van der Waals surface area contributed by atoms with Crippen LogP contribution in [-0.4, -0.2) is 18.1 Å². The number of aromatic nitrogens is 1. The van der Waals surface area contributed by atoms with Crippen LogP contribution in [0, 0.1) is 18.8 Å². The summed E-state index contributed by atoms with van der Waals surface area (Å²) in [5, 5.41) is 3.19. The maximum Gasteiger partial charge on any atom is 0.0898 e. The van der Waals surface area contributed by atoms with Gasteiger partial charge in [0.2, 0.25) is 0 Å². The Bertz CT molecular complexity index is 340. The van der Waals surface area contributed by atoms with Crippen molar-refractivity contribution in [3.63, 3.8) is 0 Å². The fourth-order valence-electron chi connectivity index (χ4n) is 2.60. The average molecular weight is 254 g/mol. The van der Waals surface area contributed by atoms with E-state index >= 15 is 0 Å². The lowest BCUT2D eigenvalue weighted by Crippen LogP contribution is -2.29. The van der Waals surface area contributed by atoms with Crippen molar-refractivity contribution in [2.75, 3.05) is 13.2 Å². The van der Waals surface area contributed by atoms with Gasteiger partial charge in [0.05, 0.1) is 23.9 Å². The molecule has 0 amide bonds. The zero-order valence-corrected chi connectivity index (χ0v) is 11.3. The van der Waals surface area contributed by atoms with E-state index in [2.05, 4.69) is 10.4 Å². The number of rotatable bonds is 5. The zero-order chi connectivity index (χ0) is 12.1. The lowest BCUT2D eigenvalue weighted by Gasteiger charge is -2.30. The van der Waals surface area contributed by atoms with E-state index in [1.165, 1.54) is 25.7 Å². The second-order valence-corrected chi connectivity index (χ2v) is 5.98. The van der Waals surface area contributed by atoms with Crippen LogP contribution in [0.4, 0.5) is 0 Å². The van der Waals surface area contributed by atoms with Gasteiger partial charge >= 0.3 is 0 Å². The quantitative estimate of drug-likeness (QED) is 0.879. The molecular weight excluding hydrogens is 232 g/mol. The first kappa shape index (κ1) is 13.0. The maximum atomic E-state index is 5.81. The Hall–Kier alpha value is -0.450. The summed E-state index contributed by atoms with van der Waals surface area (Å²) in [4.78, 5) is 4.40. The third-order valence-corrected chi connectivity index (χ3v) is 4.44. The monoisotopic (exact) mass is 254 g/mol. The van der Waals surface area contributed by atoms with Crippen LogP contribution in [0.2, 0.25) is 0 Å². The third-order valence-electron chi connectivity index (χ3n) is 3.62. The van der Waals surface area contributed by atoms with Crippen LogP contribution < -0.4 is 5.73 Å². The summed E-state index contributed by atoms with van der Waals surface area (Å²) in [5.74, 6) is 1.33. The molecule has 2 rings (SSSR count). The minimum Gasteiger partial charge on any atom is -0.375 e. The van der Waals surface area contributed by atoms with Crippen molar-refractivity contribution in [2.45, 2.75) is 39.2 Å². The van der Waals surface area contributed by atoms with E-state index in [0.29, 0.717) is 18.4 Å². The summed E-state index contributed by atoms with van der Waals surface area (Å²) in [5.41, 5.74) is 6.88. The first-order chi connectivity index (χ1) is 8.29. The number of nitrogens with two attached hydrogens (primary N) is 1. The number of hydrogen-bond acceptors (Lipinski definition) is 4. The molecule has 1 saturated carbocycles. The summed E-state index contributed by atoms with van der Waals surface area (Å²) < 4.78 is 5.79. The normalized spacial score (nSPS) is 25.1. The molecule has 1 aliphatic carbocycles. The van der Waals surface area contributed by atoms with Crippen LogP contribution in [0.1, 0.15) is 36.4 Å². The highest BCUT2D eigenvalue weighted by atomic mass is 32.1. The van der Waals surface area contributed by atoms with Gasteiger partial charge in [0, 0.05) is 5.38 Å². The Labute approximate surface area is 107 Å². The Morgan fingerprint density at radius 2 is 2.18 bits per heavy atom. The molecule has 17 heavy (non-hydrogen) atoms. The molecule has 1 fully saturated rings. The van der Waals surface area contributed by atoms with Crippen molar-refractivity contribution in [3.05, 3.63) is 16.1 Å². The van der Waals surface area contributed by atoms with Crippen molar-refractivity contribution in [3.8, 4) is 0 Å². The van der Waals surface area contributed by atoms with Crippen LogP contribution in [0.3, 0.4) is 0 Å². The number of aryl methyl sites for hydroxylation is 1. The highest BCUT2D eigenvalue weighted by Gasteiger charge is 2.23. The maximum absolute atomic E-state index is 5.81. The van der Waals surface area contributed by atoms with Crippen molar-refractivity contribution < 1.29 is 4.74 Å². The average Bonchev–Trinajstić information content (AvgIpc) is 2.76. The molecule has 1 aromatic rings. The third kappa shape index (κ3) is 3.76. The van der Waals surface area contributed by atoms with Gasteiger partial charge in [0.25, 0.3) is 0 Å². The van der Waals surface area contributed by atoms with Crippen molar-refractivity contribution in [1.29, 1.82) is 0 Å². The van der Waals surface area contributed by atoms with Gasteiger partial charge in [-0.05, 0) is 38.1 Å². The van der Waals surface area contributed by atoms with E-state index in [0.717, 1.165) is 23.9 Å². The largest absolute Gasteiger partial charge is 0.375 e. The van der Waals surface area contributed by atoms with Crippen LogP contribution in [0.5, 0.6) is 0 Å². The zero-order valence-electron chi connectivity index (χ0n) is 10.5. The van der Waals surface area contributed by atoms with Crippen LogP contribution in [-0.2, 0) is 11.3 Å². The van der Waals surface area contributed by atoms with Gasteiger partial charge in [0.1, 0.15) is 0 Å². The molecule has 0 spiro atoms. The van der Waals surface area contributed by atoms with E-state index in [4.69, 9.17) is 10.5 Å². The summed E-state index contributed by atoms with van der Waals surface area (Å²) in [6.45, 7) is 4.33. The predicted octanol–water partition coefficient (Wildman–Crippen LogP) is 2.73. The van der Waals surface area contributed by atoms with E-state index in [1.54, 1.807) is 11.3 Å². The Balaban J connectivity index is 1.73. The van der Waals surface area contributed by atoms with Gasteiger partial charge in [-0.1, -0.05) is 12.8 Å². The summed E-state index contributed by atoms with van der Waals surface area (Å²) in [6.07, 6.45) is 5.22. The predicted molar refractivity (Wildman–Crippen MR) is 71.0 cm³/mol. The molecule has 0 radical (unpaired) electrons. The summed E-state index contributed by atoms with van der Waals surface area (Å²) >= 11 is 1.68. The molecule has 0 aromatic carbocycles. The molecule has 1 heterocycles. The molecule has 96 valence electrons. The van der Waals surface area contributed by atoms with Crippen LogP contribution in [0.25, 0.3) is 0 Å². The highest BCUT2D eigenvalue weighted by molar-refractivity contribution is 7.09. The van der Waals surface area contributed by atoms with E-state index in [1.807, 2.05) is 6.92 Å². The van der Waals surface area contributed by atoms with Gasteiger partial charge in [-0.2, -0.15) is 0 Å². The first-order valence-electron chi connectivity index (χ1n) is 6.48. The second kappa shape index (κ2) is 6.47. The van der Waals surface area contributed by atoms with E-state index in [9.17, 15) is 0 Å². The van der Waals surface area contributed by atoms with Crippen molar-refractivity contribution in [2.24, 2.45) is 17.6 Å². The first-order valence-corrected chi connectivity index (χ1v) is 7.36. The van der Waals surface area contributed by atoms with Crippen LogP contribution >= 0.6 is 11.3 Å².